The van der Waals surface area contributed by atoms with E-state index < -0.39 is 0 Å². The van der Waals surface area contributed by atoms with E-state index in [0.717, 1.165) is 43.0 Å². The first-order chi connectivity index (χ1) is 15.1. The van der Waals surface area contributed by atoms with E-state index in [0.29, 0.717) is 23.0 Å². The number of aryl methyl sites for hydroxylation is 2. The quantitative estimate of drug-likeness (QED) is 0.699. The summed E-state index contributed by atoms with van der Waals surface area (Å²) in [5.41, 5.74) is 2.78. The summed E-state index contributed by atoms with van der Waals surface area (Å²) in [4.78, 5) is 37.8. The number of hydrogen-bond donors (Lipinski definition) is 1. The highest BCUT2D eigenvalue weighted by Crippen LogP contribution is 2.37. The highest BCUT2D eigenvalue weighted by atomic mass is 16.2. The van der Waals surface area contributed by atoms with Gasteiger partial charge >= 0.3 is 0 Å². The average molecular weight is 416 g/mol. The van der Waals surface area contributed by atoms with E-state index >= 15 is 0 Å². The predicted octanol–water partition coefficient (Wildman–Crippen LogP) is 3.05. The summed E-state index contributed by atoms with van der Waals surface area (Å²) < 4.78 is 0. The van der Waals surface area contributed by atoms with Crippen LogP contribution in [0.5, 0.6) is 0 Å². The minimum Gasteiger partial charge on any atom is -0.364 e. The number of amides is 1. The fraction of sp³-hybridized carbons (Fsp3) is 0.391. The number of fused-ring (bicyclic) bond motifs is 3. The molecule has 0 spiro atoms. The van der Waals surface area contributed by atoms with Gasteiger partial charge < -0.3 is 10.2 Å². The van der Waals surface area contributed by atoms with Crippen molar-refractivity contribution < 1.29 is 4.79 Å². The molecule has 1 amide bonds. The molecule has 1 saturated carbocycles. The summed E-state index contributed by atoms with van der Waals surface area (Å²) in [7, 11) is 0. The summed E-state index contributed by atoms with van der Waals surface area (Å²) >= 11 is 0. The van der Waals surface area contributed by atoms with Gasteiger partial charge in [-0.25, -0.2) is 19.9 Å². The molecule has 3 aromatic heterocycles. The molecule has 8 heteroatoms. The number of rotatable bonds is 4. The zero-order valence-corrected chi connectivity index (χ0v) is 17.7. The molecule has 0 radical (unpaired) electrons. The Morgan fingerprint density at radius 2 is 1.87 bits per heavy atom. The van der Waals surface area contributed by atoms with Gasteiger partial charge in [0.15, 0.2) is 5.82 Å². The lowest BCUT2D eigenvalue weighted by molar-refractivity contribution is 0.0277. The van der Waals surface area contributed by atoms with Gasteiger partial charge in [-0.05, 0) is 57.2 Å². The predicted molar refractivity (Wildman–Crippen MR) is 116 cm³/mol. The maximum Gasteiger partial charge on any atom is 0.273 e. The number of aromatic nitrogens is 5. The van der Waals surface area contributed by atoms with Crippen LogP contribution in [0.2, 0.25) is 0 Å². The molecule has 3 aliphatic rings. The summed E-state index contributed by atoms with van der Waals surface area (Å²) in [5.74, 6) is 1.68. The van der Waals surface area contributed by atoms with Crippen molar-refractivity contribution in [2.45, 2.75) is 45.2 Å². The molecule has 2 bridgehead atoms. The maximum absolute atomic E-state index is 13.7. The highest BCUT2D eigenvalue weighted by molar-refractivity contribution is 5.98. The minimum absolute atomic E-state index is 0.0534. The Morgan fingerprint density at radius 3 is 2.61 bits per heavy atom. The van der Waals surface area contributed by atoms with Crippen LogP contribution in [0.15, 0.2) is 43.0 Å². The number of carbonyl (C=O) groups excluding carboxylic acids is 1. The third-order valence-electron chi connectivity index (χ3n) is 6.20. The Morgan fingerprint density at radius 1 is 1.03 bits per heavy atom. The second-order valence-corrected chi connectivity index (χ2v) is 8.42. The van der Waals surface area contributed by atoms with E-state index in [1.54, 1.807) is 30.9 Å². The first kappa shape index (κ1) is 19.5. The lowest BCUT2D eigenvalue weighted by atomic mass is 9.76. The van der Waals surface area contributed by atoms with Crippen LogP contribution in [-0.2, 0) is 0 Å². The molecule has 1 aliphatic carbocycles. The van der Waals surface area contributed by atoms with Crippen LogP contribution in [0, 0.1) is 19.8 Å². The SMILES string of the molecule is Cc1cnc(NC2CC3CCC2N(C(=O)c2nc(C)ccc2-c2ncccn2)C3)cn1. The molecule has 6 rings (SSSR count). The van der Waals surface area contributed by atoms with Crippen LogP contribution in [0.3, 0.4) is 0 Å². The van der Waals surface area contributed by atoms with Gasteiger partial charge in [0, 0.05) is 30.7 Å². The van der Waals surface area contributed by atoms with Gasteiger partial charge in [-0.15, -0.1) is 0 Å². The van der Waals surface area contributed by atoms with E-state index in [1.807, 2.05) is 30.9 Å². The third kappa shape index (κ3) is 3.85. The van der Waals surface area contributed by atoms with E-state index in [9.17, 15) is 4.79 Å². The van der Waals surface area contributed by atoms with Crippen LogP contribution in [0.4, 0.5) is 5.82 Å². The summed E-state index contributed by atoms with van der Waals surface area (Å²) in [6, 6.07) is 5.79. The molecule has 3 aromatic rings. The monoisotopic (exact) mass is 415 g/mol. The van der Waals surface area contributed by atoms with Crippen LogP contribution < -0.4 is 5.32 Å². The van der Waals surface area contributed by atoms with Crippen LogP contribution in [-0.4, -0.2) is 54.4 Å². The second kappa shape index (κ2) is 8.02. The molecule has 3 atom stereocenters. The molecule has 2 saturated heterocycles. The van der Waals surface area contributed by atoms with Gasteiger partial charge in [0.1, 0.15) is 11.5 Å². The van der Waals surface area contributed by atoms with Crippen LogP contribution >= 0.6 is 0 Å². The van der Waals surface area contributed by atoms with E-state index in [1.165, 1.54) is 0 Å². The molecule has 0 aromatic carbocycles. The molecular weight excluding hydrogens is 390 g/mol. The van der Waals surface area contributed by atoms with Gasteiger partial charge in [0.05, 0.1) is 29.7 Å². The third-order valence-corrected chi connectivity index (χ3v) is 6.20. The first-order valence-corrected chi connectivity index (χ1v) is 10.7. The normalized spacial score (nSPS) is 22.4. The Balaban J connectivity index is 1.44. The summed E-state index contributed by atoms with van der Waals surface area (Å²) in [5, 5.41) is 3.52. The first-order valence-electron chi connectivity index (χ1n) is 10.7. The minimum atomic E-state index is -0.0534. The van der Waals surface area contributed by atoms with Crippen molar-refractivity contribution in [1.82, 2.24) is 29.8 Å². The van der Waals surface area contributed by atoms with E-state index in [-0.39, 0.29) is 18.0 Å². The van der Waals surface area contributed by atoms with Gasteiger partial charge in [-0.1, -0.05) is 0 Å². The molecule has 3 fully saturated rings. The van der Waals surface area contributed by atoms with Gasteiger partial charge in [0.25, 0.3) is 5.91 Å². The van der Waals surface area contributed by atoms with Crippen molar-refractivity contribution >= 4 is 11.7 Å². The lowest BCUT2D eigenvalue weighted by Crippen LogP contribution is -2.60. The molecule has 5 heterocycles. The van der Waals surface area contributed by atoms with Crippen molar-refractivity contribution in [2.75, 3.05) is 11.9 Å². The number of hydrogen-bond acceptors (Lipinski definition) is 7. The Hall–Kier alpha value is -3.42. The van der Waals surface area contributed by atoms with Crippen molar-refractivity contribution in [3.63, 3.8) is 0 Å². The maximum atomic E-state index is 13.7. The molecule has 8 nitrogen and oxygen atoms in total. The van der Waals surface area contributed by atoms with Crippen LogP contribution in [0.1, 0.15) is 41.1 Å². The molecular formula is C23H25N7O. The fourth-order valence-electron chi connectivity index (χ4n) is 4.71. The highest BCUT2D eigenvalue weighted by Gasteiger charge is 2.44. The molecule has 3 unspecified atom stereocenters. The van der Waals surface area contributed by atoms with Crippen molar-refractivity contribution in [3.05, 3.63) is 60.1 Å². The van der Waals surface area contributed by atoms with Crippen molar-refractivity contribution in [1.29, 1.82) is 0 Å². The number of pyridine rings is 1. The van der Waals surface area contributed by atoms with E-state index in [4.69, 9.17) is 0 Å². The Labute approximate surface area is 181 Å². The zero-order valence-electron chi connectivity index (χ0n) is 17.7. The zero-order chi connectivity index (χ0) is 21.4. The van der Waals surface area contributed by atoms with Gasteiger partial charge in [-0.3, -0.25) is 9.78 Å². The average Bonchev–Trinajstić information content (AvgIpc) is 2.81. The number of nitrogens with zero attached hydrogens (tertiary/aromatic N) is 6. The number of piperidine rings is 2. The topological polar surface area (TPSA) is 96.8 Å². The molecule has 158 valence electrons. The second-order valence-electron chi connectivity index (χ2n) is 8.42. The molecule has 1 N–H and O–H groups in total. The largest absolute Gasteiger partial charge is 0.364 e. The van der Waals surface area contributed by atoms with Gasteiger partial charge in [-0.2, -0.15) is 0 Å². The fourth-order valence-corrected chi connectivity index (χ4v) is 4.71. The Bertz CT molecular complexity index is 1090. The summed E-state index contributed by atoms with van der Waals surface area (Å²) in [6.45, 7) is 4.57. The lowest BCUT2D eigenvalue weighted by Gasteiger charge is -2.50. The van der Waals surface area contributed by atoms with Crippen LogP contribution in [0.25, 0.3) is 11.4 Å². The smallest absolute Gasteiger partial charge is 0.273 e. The van der Waals surface area contributed by atoms with Crippen molar-refractivity contribution in [2.24, 2.45) is 5.92 Å². The number of anilines is 1. The number of nitrogens with one attached hydrogen (secondary N) is 1. The molecule has 31 heavy (non-hydrogen) atoms. The van der Waals surface area contributed by atoms with Gasteiger partial charge in [0.2, 0.25) is 0 Å². The Kier molecular flexibility index (Phi) is 5.05. The summed E-state index contributed by atoms with van der Waals surface area (Å²) in [6.07, 6.45) is 10.0. The van der Waals surface area contributed by atoms with E-state index in [2.05, 4.69) is 30.2 Å². The standard InChI is InChI=1S/C23H25N7O/c1-14-4-6-17(22-24-8-3-9-25-22)21(28-14)23(31)30-13-16-5-7-19(30)18(10-16)29-20-12-26-15(2)11-27-20/h3-4,6,8-9,11-12,16,18-19H,5,7,10,13H2,1-2H3,(H,27,29). The number of carbonyl (C=O) groups is 1. The van der Waals surface area contributed by atoms with Crippen molar-refractivity contribution in [3.8, 4) is 11.4 Å². The molecule has 2 aliphatic heterocycles.